The van der Waals surface area contributed by atoms with E-state index in [-0.39, 0.29) is 11.4 Å². The number of hydrogen-bond donors (Lipinski definition) is 0. The molecule has 0 fully saturated rings. The zero-order chi connectivity index (χ0) is 17.1. The second-order valence-electron chi connectivity index (χ2n) is 6.20. The van der Waals surface area contributed by atoms with Gasteiger partial charge in [0.2, 0.25) is 0 Å². The summed E-state index contributed by atoms with van der Waals surface area (Å²) in [5.41, 5.74) is 3.69. The fraction of sp³-hybridized carbons (Fsp3) is 0.100. The van der Waals surface area contributed by atoms with Crippen LogP contribution in [0.1, 0.15) is 10.4 Å². The zero-order valence-corrected chi connectivity index (χ0v) is 14.2. The summed E-state index contributed by atoms with van der Waals surface area (Å²) in [7, 11) is 0. The van der Waals surface area contributed by atoms with Gasteiger partial charge in [0.15, 0.2) is 0 Å². The summed E-state index contributed by atoms with van der Waals surface area (Å²) in [5.74, 6) is 0.451. The minimum absolute atomic E-state index is 0.221. The number of hydrogen-bond acceptors (Lipinski definition) is 3. The monoisotopic (exact) mass is 348 g/mol. The van der Waals surface area contributed by atoms with E-state index in [1.165, 1.54) is 17.7 Å². The molecule has 4 aromatic rings. The van der Waals surface area contributed by atoms with Gasteiger partial charge in [-0.05, 0) is 30.2 Å². The van der Waals surface area contributed by atoms with Gasteiger partial charge in [0.25, 0.3) is 5.56 Å². The molecule has 25 heavy (non-hydrogen) atoms. The van der Waals surface area contributed by atoms with E-state index in [9.17, 15) is 9.18 Å². The Morgan fingerprint density at radius 1 is 1.12 bits per heavy atom. The minimum Gasteiger partial charge on any atom is -0.312 e. The maximum absolute atomic E-state index is 13.3. The lowest BCUT2D eigenvalue weighted by Crippen LogP contribution is -2.12. The highest BCUT2D eigenvalue weighted by Gasteiger charge is 2.25. The molecule has 0 spiro atoms. The maximum atomic E-state index is 13.3. The third-order valence-electron chi connectivity index (χ3n) is 4.71. The molecule has 5 heteroatoms. The van der Waals surface area contributed by atoms with Crippen LogP contribution in [0.25, 0.3) is 32.7 Å². The molecule has 1 aliphatic rings. The number of rotatable bonds is 1. The summed E-state index contributed by atoms with van der Waals surface area (Å²) < 4.78 is 15.4. The highest BCUT2D eigenvalue weighted by atomic mass is 32.1. The summed E-state index contributed by atoms with van der Waals surface area (Å²) in [5, 5.41) is 0.630. The van der Waals surface area contributed by atoms with Gasteiger partial charge in [-0.25, -0.2) is 4.39 Å². The van der Waals surface area contributed by atoms with Crippen molar-refractivity contribution in [3.05, 3.63) is 75.1 Å². The van der Waals surface area contributed by atoms with E-state index in [1.54, 1.807) is 23.5 Å². The van der Waals surface area contributed by atoms with Crippen molar-refractivity contribution in [2.75, 3.05) is 0 Å². The molecule has 122 valence electrons. The predicted molar refractivity (Wildman–Crippen MR) is 98.5 cm³/mol. The van der Waals surface area contributed by atoms with Crippen molar-refractivity contribution in [1.29, 1.82) is 0 Å². The summed E-state index contributed by atoms with van der Waals surface area (Å²) in [6, 6.07) is 14.3. The quantitative estimate of drug-likeness (QED) is 0.444. The van der Waals surface area contributed by atoms with E-state index in [4.69, 9.17) is 0 Å². The van der Waals surface area contributed by atoms with E-state index in [2.05, 4.69) is 15.6 Å². The van der Waals surface area contributed by atoms with Gasteiger partial charge >= 0.3 is 0 Å². The van der Waals surface area contributed by atoms with Gasteiger partial charge in [0.05, 0.1) is 11.9 Å². The van der Waals surface area contributed by atoms with Crippen LogP contribution in [0.2, 0.25) is 0 Å². The van der Waals surface area contributed by atoms with E-state index in [0.29, 0.717) is 5.39 Å². The first-order valence-corrected chi connectivity index (χ1v) is 8.83. The average Bonchev–Trinajstić information content (AvgIpc) is 3.14. The molecule has 0 bridgehead atoms. The molecule has 0 saturated heterocycles. The van der Waals surface area contributed by atoms with Crippen molar-refractivity contribution < 1.29 is 4.39 Å². The second kappa shape index (κ2) is 5.10. The normalized spacial score (nSPS) is 12.4. The standard InChI is InChI=1S/C20H13FN2OS/c1-11-16(12-6-8-14(21)9-7-12)17-19(24)22-18-15-5-3-2-4-13(15)10-23(18)20(17)25-11/h2-9H,10H2,1H3. The van der Waals surface area contributed by atoms with Gasteiger partial charge in [0, 0.05) is 16.0 Å². The zero-order valence-electron chi connectivity index (χ0n) is 13.4. The lowest BCUT2D eigenvalue weighted by molar-refractivity contribution is 0.628. The Labute approximate surface area is 147 Å². The van der Waals surface area contributed by atoms with Gasteiger partial charge in [0.1, 0.15) is 16.5 Å². The van der Waals surface area contributed by atoms with Crippen LogP contribution < -0.4 is 5.56 Å². The van der Waals surface area contributed by atoms with E-state index >= 15 is 0 Å². The molecular weight excluding hydrogens is 335 g/mol. The Balaban J connectivity index is 1.84. The Morgan fingerprint density at radius 3 is 2.68 bits per heavy atom. The largest absolute Gasteiger partial charge is 0.312 e. The maximum Gasteiger partial charge on any atom is 0.282 e. The second-order valence-corrected chi connectivity index (χ2v) is 7.41. The number of benzene rings is 2. The van der Waals surface area contributed by atoms with Crippen molar-refractivity contribution in [2.24, 2.45) is 0 Å². The fourth-order valence-electron chi connectivity index (χ4n) is 3.59. The fourth-order valence-corrected chi connectivity index (χ4v) is 4.75. The van der Waals surface area contributed by atoms with Crippen LogP contribution in [0.4, 0.5) is 4.39 Å². The molecule has 0 N–H and O–H groups in total. The molecule has 3 nitrogen and oxygen atoms in total. The Kier molecular flexibility index (Phi) is 2.97. The Hall–Kier alpha value is -2.79. The minimum atomic E-state index is -0.285. The van der Waals surface area contributed by atoms with Crippen LogP contribution in [0.5, 0.6) is 0 Å². The molecule has 5 rings (SSSR count). The first-order chi connectivity index (χ1) is 12.1. The molecule has 2 aromatic carbocycles. The number of nitrogens with zero attached hydrogens (tertiary/aromatic N) is 2. The molecule has 0 amide bonds. The number of fused-ring (bicyclic) bond motifs is 5. The summed E-state index contributed by atoms with van der Waals surface area (Å²) in [6.07, 6.45) is 0. The van der Waals surface area contributed by atoms with Crippen LogP contribution in [-0.2, 0) is 6.54 Å². The molecule has 0 aliphatic carbocycles. The third-order valence-corrected chi connectivity index (χ3v) is 5.84. The number of thiophene rings is 1. The molecule has 1 aliphatic heterocycles. The molecule has 3 heterocycles. The lowest BCUT2D eigenvalue weighted by atomic mass is 10.0. The first kappa shape index (κ1) is 14.5. The predicted octanol–water partition coefficient (Wildman–Crippen LogP) is 4.60. The Morgan fingerprint density at radius 2 is 1.88 bits per heavy atom. The lowest BCUT2D eigenvalue weighted by Gasteiger charge is -2.05. The van der Waals surface area contributed by atoms with Gasteiger partial charge in [-0.2, -0.15) is 4.98 Å². The molecule has 0 radical (unpaired) electrons. The van der Waals surface area contributed by atoms with Gasteiger partial charge < -0.3 is 4.57 Å². The van der Waals surface area contributed by atoms with Crippen LogP contribution in [-0.4, -0.2) is 9.55 Å². The van der Waals surface area contributed by atoms with Crippen molar-refractivity contribution in [1.82, 2.24) is 9.55 Å². The molecule has 0 unspecified atom stereocenters. The third kappa shape index (κ3) is 2.02. The Bertz CT molecular complexity index is 1210. The highest BCUT2D eigenvalue weighted by Crippen LogP contribution is 2.40. The van der Waals surface area contributed by atoms with Crippen LogP contribution in [0.15, 0.2) is 53.3 Å². The van der Waals surface area contributed by atoms with Crippen molar-refractivity contribution in [3.8, 4) is 22.5 Å². The van der Waals surface area contributed by atoms with Crippen molar-refractivity contribution >= 4 is 21.6 Å². The van der Waals surface area contributed by atoms with Gasteiger partial charge in [-0.15, -0.1) is 11.3 Å². The molecule has 0 saturated carbocycles. The first-order valence-electron chi connectivity index (χ1n) is 8.01. The SMILES string of the molecule is Cc1sc2c(c1-c1ccc(F)cc1)c(=O)nc1n2Cc2ccccc2-1. The van der Waals surface area contributed by atoms with Crippen molar-refractivity contribution in [2.45, 2.75) is 13.5 Å². The number of halogens is 1. The molecule has 0 atom stereocenters. The molecule has 2 aromatic heterocycles. The van der Waals surface area contributed by atoms with E-state index < -0.39 is 0 Å². The van der Waals surface area contributed by atoms with E-state index in [1.807, 2.05) is 25.1 Å². The number of aromatic nitrogens is 2. The van der Waals surface area contributed by atoms with Crippen molar-refractivity contribution in [3.63, 3.8) is 0 Å². The smallest absolute Gasteiger partial charge is 0.282 e. The highest BCUT2D eigenvalue weighted by molar-refractivity contribution is 7.19. The van der Waals surface area contributed by atoms with Crippen LogP contribution in [0, 0.1) is 12.7 Å². The summed E-state index contributed by atoms with van der Waals surface area (Å²) in [4.78, 5) is 19.2. The average molecular weight is 348 g/mol. The topological polar surface area (TPSA) is 34.9 Å². The van der Waals surface area contributed by atoms with Crippen LogP contribution in [0.3, 0.4) is 0 Å². The summed E-state index contributed by atoms with van der Waals surface area (Å²) in [6.45, 7) is 2.72. The van der Waals surface area contributed by atoms with E-state index in [0.717, 1.165) is 38.8 Å². The van der Waals surface area contributed by atoms with Gasteiger partial charge in [-0.3, -0.25) is 4.79 Å². The van der Waals surface area contributed by atoms with Gasteiger partial charge in [-0.1, -0.05) is 36.4 Å². The number of aryl methyl sites for hydroxylation is 1. The summed E-state index contributed by atoms with van der Waals surface area (Å²) >= 11 is 1.60. The van der Waals surface area contributed by atoms with Crippen LogP contribution >= 0.6 is 11.3 Å². The molecular formula is C20H13FN2OS.